The number of aryl methyl sites for hydroxylation is 2. The van der Waals surface area contributed by atoms with E-state index in [-0.39, 0.29) is 6.04 Å². The van der Waals surface area contributed by atoms with E-state index >= 15 is 0 Å². The largest absolute Gasteiger partial charge is 0.501 e. The zero-order chi connectivity index (χ0) is 11.5. The molecule has 0 aromatic heterocycles. The lowest BCUT2D eigenvalue weighted by Gasteiger charge is -2.20. The summed E-state index contributed by atoms with van der Waals surface area (Å²) < 4.78 is 5.34. The first-order chi connectivity index (χ1) is 7.68. The van der Waals surface area contributed by atoms with Gasteiger partial charge in [0.25, 0.3) is 0 Å². The van der Waals surface area contributed by atoms with Gasteiger partial charge >= 0.3 is 0 Å². The first-order valence-corrected chi connectivity index (χ1v) is 5.82. The van der Waals surface area contributed by atoms with Crippen molar-refractivity contribution in [2.45, 2.75) is 32.7 Å². The minimum Gasteiger partial charge on any atom is -0.501 e. The summed E-state index contributed by atoms with van der Waals surface area (Å²) in [5, 5.41) is 0. The van der Waals surface area contributed by atoms with Crippen LogP contribution in [-0.2, 0) is 4.74 Å². The first kappa shape index (κ1) is 11.2. The molecule has 1 aromatic rings. The van der Waals surface area contributed by atoms with E-state index in [0.717, 1.165) is 19.4 Å². The van der Waals surface area contributed by atoms with Gasteiger partial charge in [-0.2, -0.15) is 0 Å². The average Bonchev–Trinajstić information content (AvgIpc) is 2.33. The molecule has 0 fully saturated rings. The Morgan fingerprint density at radius 3 is 2.69 bits per heavy atom. The molecular formula is C14H19NO. The molecule has 0 radical (unpaired) electrons. The van der Waals surface area contributed by atoms with E-state index in [1.165, 1.54) is 22.3 Å². The average molecular weight is 217 g/mol. The van der Waals surface area contributed by atoms with Crippen molar-refractivity contribution in [2.24, 2.45) is 5.73 Å². The summed E-state index contributed by atoms with van der Waals surface area (Å²) >= 11 is 0. The van der Waals surface area contributed by atoms with Gasteiger partial charge in [-0.05, 0) is 49.0 Å². The predicted molar refractivity (Wildman–Crippen MR) is 66.1 cm³/mol. The Hall–Kier alpha value is -1.28. The van der Waals surface area contributed by atoms with Gasteiger partial charge in [0.2, 0.25) is 0 Å². The molecule has 1 heterocycles. The molecule has 0 aliphatic carbocycles. The van der Waals surface area contributed by atoms with Crippen LogP contribution in [0.3, 0.4) is 0 Å². The van der Waals surface area contributed by atoms with Crippen LogP contribution < -0.4 is 5.73 Å². The minimum atomic E-state index is -0.0143. The Labute approximate surface area is 97.1 Å². The summed E-state index contributed by atoms with van der Waals surface area (Å²) in [6, 6.07) is 6.41. The maximum atomic E-state index is 6.24. The summed E-state index contributed by atoms with van der Waals surface area (Å²) in [6.07, 6.45) is 3.96. The van der Waals surface area contributed by atoms with E-state index in [9.17, 15) is 0 Å². The summed E-state index contributed by atoms with van der Waals surface area (Å²) in [5.41, 5.74) is 11.2. The van der Waals surface area contributed by atoms with Gasteiger partial charge in [0, 0.05) is 0 Å². The Morgan fingerprint density at radius 2 is 2.06 bits per heavy atom. The molecule has 1 atom stereocenters. The molecule has 2 heteroatoms. The van der Waals surface area contributed by atoms with Gasteiger partial charge in [-0.1, -0.05) is 18.2 Å². The highest BCUT2D eigenvalue weighted by Gasteiger charge is 2.15. The van der Waals surface area contributed by atoms with Gasteiger partial charge in [0.1, 0.15) is 0 Å². The minimum absolute atomic E-state index is 0.0143. The molecule has 1 aromatic carbocycles. The molecule has 1 unspecified atom stereocenters. The highest BCUT2D eigenvalue weighted by atomic mass is 16.5. The molecule has 16 heavy (non-hydrogen) atoms. The van der Waals surface area contributed by atoms with Crippen LogP contribution in [0.25, 0.3) is 0 Å². The highest BCUT2D eigenvalue weighted by molar-refractivity contribution is 5.35. The molecule has 2 nitrogen and oxygen atoms in total. The predicted octanol–water partition coefficient (Wildman–Crippen LogP) is 3.00. The van der Waals surface area contributed by atoms with Crippen molar-refractivity contribution >= 4 is 0 Å². The zero-order valence-electron chi connectivity index (χ0n) is 9.99. The first-order valence-electron chi connectivity index (χ1n) is 5.82. The Balaban J connectivity index is 2.22. The van der Waals surface area contributed by atoms with Gasteiger partial charge < -0.3 is 10.5 Å². The number of nitrogens with two attached hydrogens (primary N) is 1. The van der Waals surface area contributed by atoms with Crippen LogP contribution in [0.1, 0.15) is 35.6 Å². The third-order valence-electron chi connectivity index (χ3n) is 3.25. The van der Waals surface area contributed by atoms with Gasteiger partial charge in [-0.15, -0.1) is 0 Å². The van der Waals surface area contributed by atoms with E-state index < -0.39 is 0 Å². The maximum absolute atomic E-state index is 6.24. The van der Waals surface area contributed by atoms with E-state index in [1.54, 1.807) is 0 Å². The molecular weight excluding hydrogens is 198 g/mol. The van der Waals surface area contributed by atoms with E-state index in [1.807, 2.05) is 6.26 Å². The molecule has 2 rings (SSSR count). The fourth-order valence-corrected chi connectivity index (χ4v) is 1.99. The van der Waals surface area contributed by atoms with Crippen LogP contribution in [0.5, 0.6) is 0 Å². The SMILES string of the molecule is Cc1ccc(C(N)C2=COCCC2)cc1C. The number of hydrogen-bond donors (Lipinski definition) is 1. The Bertz CT molecular complexity index is 409. The number of benzene rings is 1. The summed E-state index contributed by atoms with van der Waals surface area (Å²) in [7, 11) is 0. The zero-order valence-corrected chi connectivity index (χ0v) is 9.99. The van der Waals surface area contributed by atoms with Gasteiger partial charge in [-0.3, -0.25) is 0 Å². The third kappa shape index (κ3) is 2.27. The summed E-state index contributed by atoms with van der Waals surface area (Å²) in [4.78, 5) is 0. The van der Waals surface area contributed by atoms with Gasteiger partial charge in [-0.25, -0.2) is 0 Å². The molecule has 2 N–H and O–H groups in total. The Kier molecular flexibility index (Phi) is 3.30. The lowest BCUT2D eigenvalue weighted by Crippen LogP contribution is -2.16. The van der Waals surface area contributed by atoms with Crippen LogP contribution in [0.2, 0.25) is 0 Å². The van der Waals surface area contributed by atoms with Crippen molar-refractivity contribution in [1.82, 2.24) is 0 Å². The second-order valence-corrected chi connectivity index (χ2v) is 4.49. The van der Waals surface area contributed by atoms with Crippen molar-refractivity contribution in [3.8, 4) is 0 Å². The molecule has 0 saturated heterocycles. The Morgan fingerprint density at radius 1 is 1.25 bits per heavy atom. The van der Waals surface area contributed by atoms with Crippen molar-refractivity contribution in [2.75, 3.05) is 6.61 Å². The lowest BCUT2D eigenvalue weighted by atomic mass is 9.94. The fraction of sp³-hybridized carbons (Fsp3) is 0.429. The van der Waals surface area contributed by atoms with Crippen LogP contribution >= 0.6 is 0 Å². The quantitative estimate of drug-likeness (QED) is 0.826. The van der Waals surface area contributed by atoms with Crippen molar-refractivity contribution in [3.63, 3.8) is 0 Å². The lowest BCUT2D eigenvalue weighted by molar-refractivity contribution is 0.221. The van der Waals surface area contributed by atoms with Crippen molar-refractivity contribution < 1.29 is 4.74 Å². The monoisotopic (exact) mass is 217 g/mol. The topological polar surface area (TPSA) is 35.2 Å². The molecule has 0 bridgehead atoms. The number of hydrogen-bond acceptors (Lipinski definition) is 2. The fourth-order valence-electron chi connectivity index (χ4n) is 1.99. The number of ether oxygens (including phenoxy) is 1. The van der Waals surface area contributed by atoms with Crippen molar-refractivity contribution in [3.05, 3.63) is 46.7 Å². The molecule has 1 aliphatic heterocycles. The van der Waals surface area contributed by atoms with Crippen LogP contribution in [0.4, 0.5) is 0 Å². The molecule has 86 valence electrons. The third-order valence-corrected chi connectivity index (χ3v) is 3.25. The van der Waals surface area contributed by atoms with E-state index in [4.69, 9.17) is 10.5 Å². The standard InChI is InChI=1S/C14H19NO/c1-10-5-6-12(8-11(10)2)14(15)13-4-3-7-16-9-13/h5-6,8-9,14H,3-4,7,15H2,1-2H3. The maximum Gasteiger partial charge on any atom is 0.0876 e. The van der Waals surface area contributed by atoms with E-state index in [2.05, 4.69) is 32.0 Å². The smallest absolute Gasteiger partial charge is 0.0876 e. The molecule has 1 aliphatic rings. The van der Waals surface area contributed by atoms with Crippen molar-refractivity contribution in [1.29, 1.82) is 0 Å². The summed E-state index contributed by atoms with van der Waals surface area (Å²) in [6.45, 7) is 5.06. The summed E-state index contributed by atoms with van der Waals surface area (Å²) in [5.74, 6) is 0. The highest BCUT2D eigenvalue weighted by Crippen LogP contribution is 2.26. The molecule has 0 amide bonds. The normalized spacial score (nSPS) is 17.6. The van der Waals surface area contributed by atoms with Gasteiger partial charge in [0.05, 0.1) is 18.9 Å². The molecule has 0 saturated carbocycles. The second-order valence-electron chi connectivity index (χ2n) is 4.49. The second kappa shape index (κ2) is 4.71. The van der Waals surface area contributed by atoms with Crippen LogP contribution in [-0.4, -0.2) is 6.61 Å². The van der Waals surface area contributed by atoms with Crippen LogP contribution in [0.15, 0.2) is 30.0 Å². The van der Waals surface area contributed by atoms with Gasteiger partial charge in [0.15, 0.2) is 0 Å². The molecule has 0 spiro atoms. The van der Waals surface area contributed by atoms with Crippen LogP contribution in [0, 0.1) is 13.8 Å². The van der Waals surface area contributed by atoms with E-state index in [0.29, 0.717) is 0 Å². The number of rotatable bonds is 2.